The molecule has 7 nitrogen and oxygen atoms in total. The molecule has 1 amide bonds. The molecule has 1 saturated carbocycles. The summed E-state index contributed by atoms with van der Waals surface area (Å²) >= 11 is 0. The first-order chi connectivity index (χ1) is 19.8. The van der Waals surface area contributed by atoms with Crippen LogP contribution in [-0.2, 0) is 31.5 Å². The quantitative estimate of drug-likeness (QED) is 0.211. The number of aromatic amines is 1. The number of H-pyrrole nitrogens is 1. The molecule has 220 valence electrons. The van der Waals surface area contributed by atoms with Gasteiger partial charge in [0.1, 0.15) is 10.6 Å². The third-order valence-electron chi connectivity index (χ3n) is 8.82. The summed E-state index contributed by atoms with van der Waals surface area (Å²) in [7, 11) is -4.32. The first kappa shape index (κ1) is 28.3. The fourth-order valence-electron chi connectivity index (χ4n) is 6.63. The van der Waals surface area contributed by atoms with Gasteiger partial charge < -0.3 is 5.32 Å². The zero-order valence-electron chi connectivity index (χ0n) is 22.2. The minimum Gasteiger partial charge on any atom is -0.325 e. The van der Waals surface area contributed by atoms with E-state index in [0.717, 1.165) is 36.4 Å². The number of aryl methyl sites for hydroxylation is 1. The Balaban J connectivity index is 1.46. The zero-order chi connectivity index (χ0) is 30.1. The first-order valence-corrected chi connectivity index (χ1v) is 14.7. The molecule has 4 atom stereocenters. The lowest BCUT2D eigenvalue weighted by Gasteiger charge is -2.42. The molecule has 2 aromatic carbocycles. The molecule has 4 aromatic rings. The van der Waals surface area contributed by atoms with Crippen molar-refractivity contribution in [2.24, 2.45) is 11.8 Å². The number of amides is 1. The molecule has 2 N–H and O–H groups in total. The van der Waals surface area contributed by atoms with Gasteiger partial charge in [0.05, 0.1) is 22.2 Å². The van der Waals surface area contributed by atoms with Gasteiger partial charge in [0.25, 0.3) is 0 Å². The average molecular weight is 605 g/mol. The number of hydrogen-bond donors (Lipinski definition) is 2. The SMILES string of the molecule is CC(F)(c1ccc2c(c1)CC[C@H]1[C@H](C(=O)Nc3ccnc4[nH]ncc34)CC[C@@]21S(=O)(=O)c1ccc(F)cc1)C(F)(F)F. The van der Waals surface area contributed by atoms with E-state index < -0.39 is 55.6 Å². The lowest BCUT2D eigenvalue weighted by molar-refractivity contribution is -0.228. The van der Waals surface area contributed by atoms with Crippen LogP contribution in [0.5, 0.6) is 0 Å². The summed E-state index contributed by atoms with van der Waals surface area (Å²) in [6.45, 7) is 0.428. The summed E-state index contributed by atoms with van der Waals surface area (Å²) in [5.74, 6) is -2.59. The number of anilines is 1. The first-order valence-electron chi connectivity index (χ1n) is 13.3. The summed E-state index contributed by atoms with van der Waals surface area (Å²) in [6.07, 6.45) is -1.73. The van der Waals surface area contributed by atoms with Crippen molar-refractivity contribution >= 4 is 32.5 Å². The summed E-state index contributed by atoms with van der Waals surface area (Å²) in [5, 5.41) is 10.1. The number of aromatic nitrogens is 3. The maximum absolute atomic E-state index is 14.9. The second-order valence-corrected chi connectivity index (χ2v) is 13.2. The number of sulfone groups is 1. The topological polar surface area (TPSA) is 105 Å². The van der Waals surface area contributed by atoms with Crippen molar-refractivity contribution in [3.8, 4) is 0 Å². The van der Waals surface area contributed by atoms with Gasteiger partial charge in [0.15, 0.2) is 15.5 Å². The predicted octanol–water partition coefficient (Wildman–Crippen LogP) is 6.12. The van der Waals surface area contributed by atoms with Gasteiger partial charge in [-0.05, 0) is 85.5 Å². The van der Waals surface area contributed by atoms with E-state index in [2.05, 4.69) is 20.5 Å². The van der Waals surface area contributed by atoms with Gasteiger partial charge in [0, 0.05) is 12.1 Å². The van der Waals surface area contributed by atoms with Crippen molar-refractivity contribution in [2.75, 3.05) is 5.32 Å². The fraction of sp³-hybridized carbons (Fsp3) is 0.345. The minimum atomic E-state index is -5.18. The van der Waals surface area contributed by atoms with Crippen molar-refractivity contribution in [3.63, 3.8) is 0 Å². The molecule has 6 rings (SSSR count). The Labute approximate surface area is 237 Å². The van der Waals surface area contributed by atoms with Crippen LogP contribution in [0.15, 0.2) is 65.8 Å². The van der Waals surface area contributed by atoms with Gasteiger partial charge in [0.2, 0.25) is 11.6 Å². The van der Waals surface area contributed by atoms with Crippen molar-refractivity contribution < 1.29 is 35.2 Å². The number of nitrogens with zero attached hydrogens (tertiary/aromatic N) is 2. The number of alkyl halides is 4. The van der Waals surface area contributed by atoms with Crippen LogP contribution in [0.2, 0.25) is 0 Å². The molecular weight excluding hydrogens is 579 g/mol. The number of hydrogen-bond acceptors (Lipinski definition) is 5. The van der Waals surface area contributed by atoms with Gasteiger partial charge in [-0.1, -0.05) is 18.2 Å². The molecule has 0 radical (unpaired) electrons. The average Bonchev–Trinajstić information content (AvgIpc) is 3.59. The van der Waals surface area contributed by atoms with E-state index in [0.29, 0.717) is 23.6 Å². The highest BCUT2D eigenvalue weighted by Gasteiger charge is 2.62. The zero-order valence-corrected chi connectivity index (χ0v) is 23.0. The van der Waals surface area contributed by atoms with E-state index >= 15 is 0 Å². The molecule has 42 heavy (non-hydrogen) atoms. The van der Waals surface area contributed by atoms with Crippen LogP contribution in [-0.4, -0.2) is 35.7 Å². The minimum absolute atomic E-state index is 0.00849. The fourth-order valence-corrected chi connectivity index (χ4v) is 9.10. The number of benzene rings is 2. The molecule has 2 aliphatic carbocycles. The maximum atomic E-state index is 14.9. The van der Waals surface area contributed by atoms with Crippen LogP contribution in [0.25, 0.3) is 11.0 Å². The number of nitrogens with one attached hydrogen (secondary N) is 2. The van der Waals surface area contributed by atoms with Gasteiger partial charge in [-0.3, -0.25) is 9.89 Å². The predicted molar refractivity (Wildman–Crippen MR) is 143 cm³/mol. The molecule has 0 spiro atoms. The normalized spacial score (nSPS) is 23.7. The number of carbonyl (C=O) groups excluding carboxylic acids is 1. The van der Waals surface area contributed by atoms with Gasteiger partial charge >= 0.3 is 6.18 Å². The molecule has 2 aliphatic rings. The highest BCUT2D eigenvalue weighted by molar-refractivity contribution is 7.92. The molecule has 2 aromatic heterocycles. The molecule has 13 heteroatoms. The van der Waals surface area contributed by atoms with Crippen LogP contribution >= 0.6 is 0 Å². The Kier molecular flexibility index (Phi) is 6.45. The van der Waals surface area contributed by atoms with Crippen molar-refractivity contribution in [2.45, 2.75) is 54.1 Å². The van der Waals surface area contributed by atoms with Crippen LogP contribution in [0, 0.1) is 17.7 Å². The van der Waals surface area contributed by atoms with Crippen LogP contribution < -0.4 is 5.32 Å². The van der Waals surface area contributed by atoms with Gasteiger partial charge in [-0.2, -0.15) is 18.3 Å². The number of halogens is 5. The Morgan fingerprint density at radius 1 is 1.07 bits per heavy atom. The van der Waals surface area contributed by atoms with E-state index in [-0.39, 0.29) is 41.7 Å². The third-order valence-corrected chi connectivity index (χ3v) is 11.4. The Morgan fingerprint density at radius 3 is 2.52 bits per heavy atom. The highest BCUT2D eigenvalue weighted by atomic mass is 32.2. The molecular formula is C29H25F5N4O3S. The smallest absolute Gasteiger partial charge is 0.325 e. The summed E-state index contributed by atoms with van der Waals surface area (Å²) in [6, 6.07) is 9.21. The van der Waals surface area contributed by atoms with E-state index in [1.807, 2.05) is 0 Å². The second-order valence-electron chi connectivity index (χ2n) is 11.0. The lowest BCUT2D eigenvalue weighted by Crippen LogP contribution is -2.46. The number of carbonyl (C=O) groups is 1. The summed E-state index contributed by atoms with van der Waals surface area (Å²) < 4.78 is 96.4. The van der Waals surface area contributed by atoms with Gasteiger partial charge in [-0.15, -0.1) is 0 Å². The van der Waals surface area contributed by atoms with E-state index in [9.17, 15) is 35.2 Å². The monoisotopic (exact) mass is 604 g/mol. The molecule has 0 saturated heterocycles. The summed E-state index contributed by atoms with van der Waals surface area (Å²) in [5.41, 5.74) is -2.88. The molecule has 0 aliphatic heterocycles. The number of pyridine rings is 1. The Morgan fingerprint density at radius 2 is 1.81 bits per heavy atom. The van der Waals surface area contributed by atoms with Gasteiger partial charge in [-0.25, -0.2) is 22.2 Å². The van der Waals surface area contributed by atoms with E-state index in [1.54, 1.807) is 6.07 Å². The Hall–Kier alpha value is -3.87. The maximum Gasteiger partial charge on any atom is 0.426 e. The molecule has 1 fully saturated rings. The highest BCUT2D eigenvalue weighted by Crippen LogP contribution is 2.59. The van der Waals surface area contributed by atoms with E-state index in [1.165, 1.54) is 18.5 Å². The van der Waals surface area contributed by atoms with E-state index in [4.69, 9.17) is 0 Å². The third kappa shape index (κ3) is 4.11. The van der Waals surface area contributed by atoms with Crippen molar-refractivity contribution in [1.29, 1.82) is 0 Å². The van der Waals surface area contributed by atoms with Crippen LogP contribution in [0.3, 0.4) is 0 Å². The lowest BCUT2D eigenvalue weighted by atomic mass is 9.72. The molecule has 1 unspecified atom stereocenters. The van der Waals surface area contributed by atoms with Crippen LogP contribution in [0.4, 0.5) is 27.6 Å². The van der Waals surface area contributed by atoms with Crippen molar-refractivity contribution in [1.82, 2.24) is 15.2 Å². The second kappa shape index (κ2) is 9.58. The molecule has 0 bridgehead atoms. The largest absolute Gasteiger partial charge is 0.426 e. The number of fused-ring (bicyclic) bond motifs is 4. The van der Waals surface area contributed by atoms with Crippen LogP contribution in [0.1, 0.15) is 42.9 Å². The standard InChI is InChI=1S/C29H25F5N4O3S/c1-27(31,29(32,33)34)17-3-9-22-16(14-17)2-8-23-20(26(39)37-24-11-13-35-25-21(24)15-36-38-25)10-12-28(22,23)42(40,41)19-6-4-18(30)5-7-19/h3-7,9,11,13-15,20,23H,2,8,10,12H2,1H3,(H2,35,36,37,38,39)/t20-,23+,27?,28-/m1/s1. The van der Waals surface area contributed by atoms with Crippen molar-refractivity contribution in [3.05, 3.63) is 83.4 Å². The number of rotatable bonds is 5. The molecule has 2 heterocycles. The summed E-state index contributed by atoms with van der Waals surface area (Å²) in [4.78, 5) is 17.7. The Bertz CT molecular complexity index is 1800.